The second-order valence-electron chi connectivity index (χ2n) is 4.49. The molecule has 1 aliphatic rings. The molecule has 2 aromatic heterocycles. The van der Waals surface area contributed by atoms with E-state index >= 15 is 0 Å². The van der Waals surface area contributed by atoms with E-state index < -0.39 is 0 Å². The Hall–Kier alpha value is -2.11. The lowest BCUT2D eigenvalue weighted by Gasteiger charge is -2.15. The third-order valence-electron chi connectivity index (χ3n) is 3.29. The van der Waals surface area contributed by atoms with Crippen LogP contribution < -0.4 is 5.73 Å². The van der Waals surface area contributed by atoms with E-state index in [9.17, 15) is 4.79 Å². The Labute approximate surface area is 104 Å². The van der Waals surface area contributed by atoms with E-state index in [1.165, 1.54) is 0 Å². The molecule has 0 saturated carbocycles. The molecule has 0 atom stereocenters. The Bertz CT molecular complexity index is 585. The number of amides is 1. The molecule has 1 aliphatic heterocycles. The van der Waals surface area contributed by atoms with Crippen molar-refractivity contribution in [1.82, 2.24) is 19.4 Å². The van der Waals surface area contributed by atoms with Gasteiger partial charge in [-0.1, -0.05) is 0 Å². The topological polar surface area (TPSA) is 77.0 Å². The average molecular weight is 245 g/mol. The first-order valence-corrected chi connectivity index (χ1v) is 6.10. The normalized spacial score (nSPS) is 15.4. The van der Waals surface area contributed by atoms with Crippen LogP contribution in [0.4, 0.5) is 5.95 Å². The predicted molar refractivity (Wildman–Crippen MR) is 67.8 cm³/mol. The van der Waals surface area contributed by atoms with Gasteiger partial charge in [0.2, 0.25) is 11.9 Å². The predicted octanol–water partition coefficient (Wildman–Crippen LogP) is 0.636. The van der Waals surface area contributed by atoms with Crippen molar-refractivity contribution < 1.29 is 4.79 Å². The van der Waals surface area contributed by atoms with Gasteiger partial charge in [0.15, 0.2) is 5.65 Å². The van der Waals surface area contributed by atoms with E-state index in [2.05, 4.69) is 9.97 Å². The molecule has 0 bridgehead atoms. The zero-order valence-corrected chi connectivity index (χ0v) is 10.0. The number of fused-ring (bicyclic) bond motifs is 1. The van der Waals surface area contributed by atoms with Crippen LogP contribution in [0.15, 0.2) is 18.3 Å². The minimum atomic E-state index is 0.0872. The fourth-order valence-electron chi connectivity index (χ4n) is 2.33. The molecule has 2 N–H and O–H groups in total. The third-order valence-corrected chi connectivity index (χ3v) is 3.29. The molecule has 1 fully saturated rings. The minimum absolute atomic E-state index is 0.0872. The van der Waals surface area contributed by atoms with E-state index in [4.69, 9.17) is 5.73 Å². The van der Waals surface area contributed by atoms with E-state index in [1.807, 2.05) is 11.0 Å². The number of nitrogens with zero attached hydrogens (tertiary/aromatic N) is 4. The largest absolute Gasteiger partial charge is 0.369 e. The SMILES string of the molecule is Nc1nc2cccnc2n1CC(=O)N1CCCC1. The van der Waals surface area contributed by atoms with Gasteiger partial charge in [0.25, 0.3) is 0 Å². The molecule has 94 valence electrons. The molecule has 0 aromatic carbocycles. The number of nitrogens with two attached hydrogens (primary N) is 1. The summed E-state index contributed by atoms with van der Waals surface area (Å²) in [6.45, 7) is 1.91. The van der Waals surface area contributed by atoms with Gasteiger partial charge in [-0.05, 0) is 25.0 Å². The second-order valence-corrected chi connectivity index (χ2v) is 4.49. The van der Waals surface area contributed by atoms with Crippen molar-refractivity contribution in [3.8, 4) is 0 Å². The maximum absolute atomic E-state index is 12.1. The van der Waals surface area contributed by atoms with Crippen molar-refractivity contribution in [2.75, 3.05) is 18.8 Å². The van der Waals surface area contributed by atoms with Crippen LogP contribution in [0.25, 0.3) is 11.2 Å². The quantitative estimate of drug-likeness (QED) is 0.842. The smallest absolute Gasteiger partial charge is 0.242 e. The van der Waals surface area contributed by atoms with Gasteiger partial charge in [-0.3, -0.25) is 9.36 Å². The molecule has 0 aliphatic carbocycles. The average Bonchev–Trinajstić information content (AvgIpc) is 2.98. The molecule has 18 heavy (non-hydrogen) atoms. The molecule has 1 amide bonds. The highest BCUT2D eigenvalue weighted by molar-refractivity contribution is 5.80. The van der Waals surface area contributed by atoms with E-state index in [-0.39, 0.29) is 12.5 Å². The number of imidazole rings is 1. The number of carbonyl (C=O) groups excluding carboxylic acids is 1. The lowest BCUT2D eigenvalue weighted by atomic mass is 10.4. The first kappa shape index (κ1) is 11.0. The first-order chi connectivity index (χ1) is 8.75. The van der Waals surface area contributed by atoms with Gasteiger partial charge in [-0.15, -0.1) is 0 Å². The van der Waals surface area contributed by atoms with Crippen molar-refractivity contribution in [1.29, 1.82) is 0 Å². The highest BCUT2D eigenvalue weighted by atomic mass is 16.2. The van der Waals surface area contributed by atoms with E-state index in [1.54, 1.807) is 16.8 Å². The second kappa shape index (κ2) is 4.29. The van der Waals surface area contributed by atoms with E-state index in [0.717, 1.165) is 31.4 Å². The van der Waals surface area contributed by atoms with Crippen molar-refractivity contribution in [3.63, 3.8) is 0 Å². The monoisotopic (exact) mass is 245 g/mol. The summed E-state index contributed by atoms with van der Waals surface area (Å²) in [4.78, 5) is 22.4. The molecule has 6 nitrogen and oxygen atoms in total. The Kier molecular flexibility index (Phi) is 2.62. The summed E-state index contributed by atoms with van der Waals surface area (Å²) in [5, 5.41) is 0. The summed E-state index contributed by atoms with van der Waals surface area (Å²) in [5.41, 5.74) is 7.24. The molecule has 0 unspecified atom stereocenters. The molecule has 1 saturated heterocycles. The van der Waals surface area contributed by atoms with Crippen LogP contribution in [-0.4, -0.2) is 38.4 Å². The zero-order chi connectivity index (χ0) is 12.5. The maximum atomic E-state index is 12.1. The van der Waals surface area contributed by atoms with Gasteiger partial charge in [0.1, 0.15) is 12.1 Å². The van der Waals surface area contributed by atoms with Gasteiger partial charge in [0, 0.05) is 19.3 Å². The number of hydrogen-bond acceptors (Lipinski definition) is 4. The Balaban J connectivity index is 1.89. The molecular formula is C12H15N5O. The molecule has 6 heteroatoms. The molecular weight excluding hydrogens is 230 g/mol. The fourth-order valence-corrected chi connectivity index (χ4v) is 2.33. The maximum Gasteiger partial charge on any atom is 0.242 e. The van der Waals surface area contributed by atoms with Crippen molar-refractivity contribution in [2.45, 2.75) is 19.4 Å². The summed E-state index contributed by atoms with van der Waals surface area (Å²) in [6, 6.07) is 3.65. The number of hydrogen-bond donors (Lipinski definition) is 1. The molecule has 0 spiro atoms. The molecule has 2 aromatic rings. The van der Waals surface area contributed by atoms with Crippen LogP contribution in [0.3, 0.4) is 0 Å². The zero-order valence-electron chi connectivity index (χ0n) is 10.0. The summed E-state index contributed by atoms with van der Waals surface area (Å²) >= 11 is 0. The summed E-state index contributed by atoms with van der Waals surface area (Å²) in [5.74, 6) is 0.431. The van der Waals surface area contributed by atoms with Gasteiger partial charge in [-0.2, -0.15) is 0 Å². The van der Waals surface area contributed by atoms with Crippen molar-refractivity contribution >= 4 is 23.0 Å². The van der Waals surface area contributed by atoms with Crippen molar-refractivity contribution in [3.05, 3.63) is 18.3 Å². The van der Waals surface area contributed by atoms with Gasteiger partial charge in [-0.25, -0.2) is 9.97 Å². The standard InChI is InChI=1S/C12H15N5O/c13-12-15-9-4-3-5-14-11(9)17(12)8-10(18)16-6-1-2-7-16/h3-5H,1-2,6-8H2,(H2,13,15). The van der Waals surface area contributed by atoms with Crippen LogP contribution in [0.1, 0.15) is 12.8 Å². The summed E-state index contributed by atoms with van der Waals surface area (Å²) in [7, 11) is 0. The van der Waals surface area contributed by atoms with Gasteiger partial charge >= 0.3 is 0 Å². The Morgan fingerprint density at radius 1 is 1.39 bits per heavy atom. The number of carbonyl (C=O) groups is 1. The van der Waals surface area contributed by atoms with Crippen LogP contribution >= 0.6 is 0 Å². The van der Waals surface area contributed by atoms with Crippen LogP contribution in [-0.2, 0) is 11.3 Å². The number of likely N-dealkylation sites (tertiary alicyclic amines) is 1. The number of nitrogen functional groups attached to an aromatic ring is 1. The third kappa shape index (κ3) is 1.79. The van der Waals surface area contributed by atoms with Crippen LogP contribution in [0, 0.1) is 0 Å². The number of pyridine rings is 1. The van der Waals surface area contributed by atoms with Crippen LogP contribution in [0.5, 0.6) is 0 Å². The number of anilines is 1. The lowest BCUT2D eigenvalue weighted by Crippen LogP contribution is -2.31. The molecule has 3 rings (SSSR count). The number of aromatic nitrogens is 3. The molecule has 0 radical (unpaired) electrons. The van der Waals surface area contributed by atoms with Gasteiger partial charge < -0.3 is 10.6 Å². The van der Waals surface area contributed by atoms with Crippen molar-refractivity contribution in [2.24, 2.45) is 0 Å². The first-order valence-electron chi connectivity index (χ1n) is 6.10. The summed E-state index contributed by atoms with van der Waals surface area (Å²) < 4.78 is 1.68. The lowest BCUT2D eigenvalue weighted by molar-refractivity contribution is -0.130. The minimum Gasteiger partial charge on any atom is -0.369 e. The molecule has 3 heterocycles. The number of rotatable bonds is 2. The highest BCUT2D eigenvalue weighted by Gasteiger charge is 2.20. The summed E-state index contributed by atoms with van der Waals surface area (Å²) in [6.07, 6.45) is 3.86. The van der Waals surface area contributed by atoms with E-state index in [0.29, 0.717) is 11.6 Å². The van der Waals surface area contributed by atoms with Crippen LogP contribution in [0.2, 0.25) is 0 Å². The fraction of sp³-hybridized carbons (Fsp3) is 0.417. The highest BCUT2D eigenvalue weighted by Crippen LogP contribution is 2.16. The Morgan fingerprint density at radius 2 is 2.17 bits per heavy atom. The van der Waals surface area contributed by atoms with Gasteiger partial charge in [0.05, 0.1) is 0 Å². The Morgan fingerprint density at radius 3 is 2.94 bits per heavy atom.